The van der Waals surface area contributed by atoms with Gasteiger partial charge in [0.25, 0.3) is 5.91 Å². The predicted octanol–water partition coefficient (Wildman–Crippen LogP) is 5.39. The number of aromatic nitrogens is 1. The van der Waals surface area contributed by atoms with Gasteiger partial charge in [-0.15, -0.1) is 11.3 Å². The molecule has 14 heteroatoms. The normalized spacial score (nSPS) is 15.3. The van der Waals surface area contributed by atoms with Crippen LogP contribution in [0.1, 0.15) is 66.8 Å². The largest absolute Gasteiger partial charge is 0.490 e. The van der Waals surface area contributed by atoms with Crippen molar-refractivity contribution < 1.29 is 36.3 Å². The molecule has 1 amide bonds. The SMILES string of the molecule is CCCN(C)Cc1cc(-c2cc(C(N)=O)c3[nH]cc(C4CCN(S(=O)(=O)C(C)C)CC4)c3c2)cs1.O=C(O)C(F)(F)F. The lowest BCUT2D eigenvalue weighted by Crippen LogP contribution is -2.41. The third kappa shape index (κ3) is 7.91. The maximum atomic E-state index is 12.6. The van der Waals surface area contributed by atoms with Gasteiger partial charge in [0, 0.05) is 36.1 Å². The zero-order chi connectivity index (χ0) is 31.4. The van der Waals surface area contributed by atoms with Gasteiger partial charge in [0.1, 0.15) is 0 Å². The maximum Gasteiger partial charge on any atom is 0.490 e. The molecular weight excluding hydrogens is 593 g/mol. The van der Waals surface area contributed by atoms with Crippen LogP contribution in [0.4, 0.5) is 13.2 Å². The molecule has 1 fully saturated rings. The van der Waals surface area contributed by atoms with E-state index < -0.39 is 33.3 Å². The number of nitrogens with two attached hydrogens (primary N) is 1. The second-order valence-electron chi connectivity index (χ2n) is 10.7. The van der Waals surface area contributed by atoms with E-state index >= 15 is 0 Å². The molecule has 42 heavy (non-hydrogen) atoms. The van der Waals surface area contributed by atoms with Crippen LogP contribution in [-0.4, -0.2) is 77.7 Å². The van der Waals surface area contributed by atoms with E-state index in [1.54, 1.807) is 29.5 Å². The van der Waals surface area contributed by atoms with Gasteiger partial charge in [-0.05, 0) is 92.9 Å². The minimum Gasteiger partial charge on any atom is -0.475 e. The molecule has 4 N–H and O–H groups in total. The first-order valence-corrected chi connectivity index (χ1v) is 15.9. The number of rotatable bonds is 9. The standard InChI is InChI=1S/C26H36N4O3S2.C2HF3O2/c1-5-8-29(4)15-21-11-20(16-34-21)19-12-22-24(14-28-25(22)23(13-19)26(27)31)18-6-9-30(10-7-18)35(32,33)17(2)3;3-2(4,5)1(6)7/h11-14,16-18,28H,5-10,15H2,1-4H3,(H2,27,31);(H,6,7). The molecule has 1 aromatic carbocycles. The Labute approximate surface area is 247 Å². The summed E-state index contributed by atoms with van der Waals surface area (Å²) in [6, 6.07) is 6.22. The number of piperidine rings is 1. The summed E-state index contributed by atoms with van der Waals surface area (Å²) in [5, 5.41) is 9.85. The molecule has 3 aromatic rings. The molecule has 1 aliphatic rings. The quantitative estimate of drug-likeness (QED) is 0.290. The Morgan fingerprint density at radius 3 is 2.33 bits per heavy atom. The topological polar surface area (TPSA) is 137 Å². The number of nitrogens with one attached hydrogen (secondary N) is 1. The van der Waals surface area contributed by atoms with E-state index in [4.69, 9.17) is 15.6 Å². The summed E-state index contributed by atoms with van der Waals surface area (Å²) < 4.78 is 58.5. The van der Waals surface area contributed by atoms with Gasteiger partial charge in [0.05, 0.1) is 16.3 Å². The first kappa shape index (κ1) is 33.6. The Bertz CT molecular complexity index is 1510. The number of carboxylic acid groups (broad SMARTS) is 1. The molecule has 4 rings (SSSR count). The van der Waals surface area contributed by atoms with Crippen LogP contribution >= 0.6 is 11.3 Å². The number of alkyl halides is 3. The average Bonchev–Trinajstić information content (AvgIpc) is 3.55. The minimum atomic E-state index is -5.08. The molecule has 3 heterocycles. The molecule has 0 spiro atoms. The molecule has 9 nitrogen and oxygen atoms in total. The van der Waals surface area contributed by atoms with Gasteiger partial charge in [-0.25, -0.2) is 17.5 Å². The number of H-pyrrole nitrogens is 1. The van der Waals surface area contributed by atoms with Crippen molar-refractivity contribution in [2.75, 3.05) is 26.7 Å². The number of hydrogen-bond donors (Lipinski definition) is 3. The molecular formula is C28H37F3N4O5S2. The third-order valence-electron chi connectivity index (χ3n) is 7.20. The lowest BCUT2D eigenvalue weighted by Gasteiger charge is -2.32. The van der Waals surface area contributed by atoms with Crippen LogP contribution < -0.4 is 5.73 Å². The first-order chi connectivity index (χ1) is 19.6. The average molecular weight is 631 g/mol. The molecule has 0 atom stereocenters. The zero-order valence-electron chi connectivity index (χ0n) is 24.0. The van der Waals surface area contributed by atoms with Gasteiger partial charge in [0.15, 0.2) is 0 Å². The Morgan fingerprint density at radius 2 is 1.81 bits per heavy atom. The van der Waals surface area contributed by atoms with Gasteiger partial charge in [0.2, 0.25) is 10.0 Å². The summed E-state index contributed by atoms with van der Waals surface area (Å²) in [7, 11) is -1.11. The second kappa shape index (κ2) is 13.6. The summed E-state index contributed by atoms with van der Waals surface area (Å²) in [6.45, 7) is 8.61. The summed E-state index contributed by atoms with van der Waals surface area (Å²) in [4.78, 5) is 28.1. The van der Waals surface area contributed by atoms with Crippen molar-refractivity contribution in [3.8, 4) is 11.1 Å². The van der Waals surface area contributed by atoms with Crippen molar-refractivity contribution in [2.24, 2.45) is 5.73 Å². The molecule has 1 aliphatic heterocycles. The van der Waals surface area contributed by atoms with Gasteiger partial charge in [-0.3, -0.25) is 4.79 Å². The lowest BCUT2D eigenvalue weighted by atomic mass is 9.88. The van der Waals surface area contributed by atoms with Crippen LogP contribution in [0.2, 0.25) is 0 Å². The first-order valence-electron chi connectivity index (χ1n) is 13.6. The monoisotopic (exact) mass is 630 g/mol. The number of aromatic amines is 1. The molecule has 2 aromatic heterocycles. The smallest absolute Gasteiger partial charge is 0.475 e. The minimum absolute atomic E-state index is 0.221. The summed E-state index contributed by atoms with van der Waals surface area (Å²) in [5.41, 5.74) is 10.2. The van der Waals surface area contributed by atoms with Crippen molar-refractivity contribution >= 4 is 44.1 Å². The number of halogens is 3. The predicted molar refractivity (Wildman–Crippen MR) is 158 cm³/mol. The van der Waals surface area contributed by atoms with Gasteiger partial charge in [-0.1, -0.05) is 6.92 Å². The summed E-state index contributed by atoms with van der Waals surface area (Å²) in [6.07, 6.45) is -0.494. The van der Waals surface area contributed by atoms with Crippen molar-refractivity contribution in [1.29, 1.82) is 0 Å². The number of benzene rings is 1. The highest BCUT2D eigenvalue weighted by Crippen LogP contribution is 2.38. The summed E-state index contributed by atoms with van der Waals surface area (Å²) in [5.74, 6) is -2.99. The fourth-order valence-electron chi connectivity index (χ4n) is 5.01. The molecule has 0 unspecified atom stereocenters. The molecule has 0 saturated carbocycles. The van der Waals surface area contributed by atoms with E-state index in [0.29, 0.717) is 18.7 Å². The number of nitrogens with zero attached hydrogens (tertiary/aromatic N) is 2. The number of thiophene rings is 1. The molecule has 232 valence electrons. The Hall–Kier alpha value is -2.94. The highest BCUT2D eigenvalue weighted by Gasteiger charge is 2.38. The van der Waals surface area contributed by atoms with Gasteiger partial charge >= 0.3 is 12.1 Å². The molecule has 0 aliphatic carbocycles. The highest BCUT2D eigenvalue weighted by molar-refractivity contribution is 7.89. The second-order valence-corrected chi connectivity index (χ2v) is 14.1. The van der Waals surface area contributed by atoms with Crippen LogP contribution in [0.3, 0.4) is 0 Å². The number of primary amides is 1. The van der Waals surface area contributed by atoms with E-state index in [9.17, 15) is 26.4 Å². The van der Waals surface area contributed by atoms with E-state index in [0.717, 1.165) is 59.9 Å². The van der Waals surface area contributed by atoms with Crippen LogP contribution in [-0.2, 0) is 21.4 Å². The van der Waals surface area contributed by atoms with Crippen LogP contribution in [0.15, 0.2) is 29.8 Å². The van der Waals surface area contributed by atoms with Gasteiger partial charge in [-0.2, -0.15) is 13.2 Å². The van der Waals surface area contributed by atoms with E-state index in [-0.39, 0.29) is 5.92 Å². The zero-order valence-corrected chi connectivity index (χ0v) is 25.6. The Balaban J connectivity index is 0.000000616. The highest BCUT2D eigenvalue weighted by atomic mass is 32.2. The molecule has 0 radical (unpaired) electrons. The van der Waals surface area contributed by atoms with Crippen LogP contribution in [0, 0.1) is 0 Å². The van der Waals surface area contributed by atoms with Crippen molar-refractivity contribution in [1.82, 2.24) is 14.2 Å². The Morgan fingerprint density at radius 1 is 1.19 bits per heavy atom. The summed E-state index contributed by atoms with van der Waals surface area (Å²) >= 11 is 1.73. The van der Waals surface area contributed by atoms with E-state index in [1.165, 1.54) is 4.88 Å². The fourth-order valence-corrected chi connectivity index (χ4v) is 7.30. The number of carbonyl (C=O) groups is 2. The number of carbonyl (C=O) groups excluding carboxylic acids is 1. The van der Waals surface area contributed by atoms with Crippen molar-refractivity contribution in [3.63, 3.8) is 0 Å². The van der Waals surface area contributed by atoms with Crippen LogP contribution in [0.5, 0.6) is 0 Å². The number of carboxylic acids is 1. The van der Waals surface area contributed by atoms with Gasteiger partial charge < -0.3 is 20.7 Å². The number of aliphatic carboxylic acids is 1. The number of amides is 1. The van der Waals surface area contributed by atoms with Crippen molar-refractivity contribution in [3.05, 3.63) is 45.8 Å². The fraction of sp³-hybridized carbons (Fsp3) is 0.500. The number of hydrogen-bond acceptors (Lipinski definition) is 6. The Kier molecular flexibility index (Phi) is 10.8. The number of sulfonamides is 1. The van der Waals surface area contributed by atoms with E-state index in [1.807, 2.05) is 12.3 Å². The molecule has 0 bridgehead atoms. The number of fused-ring (bicyclic) bond motifs is 1. The van der Waals surface area contributed by atoms with Crippen molar-refractivity contribution in [2.45, 2.75) is 63.9 Å². The van der Waals surface area contributed by atoms with Crippen LogP contribution in [0.25, 0.3) is 22.0 Å². The van der Waals surface area contributed by atoms with E-state index in [2.05, 4.69) is 41.4 Å². The maximum absolute atomic E-state index is 12.6. The molecule has 1 saturated heterocycles. The lowest BCUT2D eigenvalue weighted by molar-refractivity contribution is -0.192. The third-order valence-corrected chi connectivity index (χ3v) is 10.4.